The SMILES string of the molecule is O=c1[nH]c2ccc(SC(F)F)cc2[nH]c1=O. The van der Waals surface area contributed by atoms with Crippen LogP contribution in [0.2, 0.25) is 0 Å². The Morgan fingerprint density at radius 1 is 1.06 bits per heavy atom. The zero-order chi connectivity index (χ0) is 11.7. The van der Waals surface area contributed by atoms with E-state index in [0.29, 0.717) is 27.7 Å². The first-order valence-corrected chi connectivity index (χ1v) is 5.15. The molecule has 16 heavy (non-hydrogen) atoms. The molecule has 0 unspecified atom stereocenters. The molecule has 1 aromatic carbocycles. The number of H-pyrrole nitrogens is 2. The van der Waals surface area contributed by atoms with Crippen molar-refractivity contribution in [3.05, 3.63) is 38.9 Å². The van der Waals surface area contributed by atoms with Gasteiger partial charge in [-0.3, -0.25) is 9.59 Å². The highest BCUT2D eigenvalue weighted by molar-refractivity contribution is 7.99. The topological polar surface area (TPSA) is 65.7 Å². The van der Waals surface area contributed by atoms with E-state index in [2.05, 4.69) is 9.97 Å². The van der Waals surface area contributed by atoms with E-state index in [1.54, 1.807) is 0 Å². The molecule has 0 bridgehead atoms. The number of rotatable bonds is 2. The third-order valence-electron chi connectivity index (χ3n) is 1.92. The molecule has 7 heteroatoms. The van der Waals surface area contributed by atoms with Gasteiger partial charge in [-0.05, 0) is 18.2 Å². The number of nitrogens with one attached hydrogen (secondary N) is 2. The first-order chi connectivity index (χ1) is 7.56. The van der Waals surface area contributed by atoms with Crippen LogP contribution in [0.25, 0.3) is 11.0 Å². The lowest BCUT2D eigenvalue weighted by atomic mass is 10.3. The Morgan fingerprint density at radius 3 is 2.31 bits per heavy atom. The number of alkyl halides is 2. The van der Waals surface area contributed by atoms with Gasteiger partial charge in [0.05, 0.1) is 11.0 Å². The number of hydrogen-bond donors (Lipinski definition) is 2. The molecular formula is C9H6F2N2O2S. The minimum Gasteiger partial charge on any atom is -0.316 e. The molecular weight excluding hydrogens is 238 g/mol. The molecule has 2 rings (SSSR count). The van der Waals surface area contributed by atoms with Gasteiger partial charge in [-0.1, -0.05) is 11.8 Å². The maximum atomic E-state index is 12.1. The van der Waals surface area contributed by atoms with Gasteiger partial charge >= 0.3 is 11.1 Å². The zero-order valence-corrected chi connectivity index (χ0v) is 8.61. The summed E-state index contributed by atoms with van der Waals surface area (Å²) in [4.78, 5) is 27.0. The van der Waals surface area contributed by atoms with Crippen molar-refractivity contribution in [2.24, 2.45) is 0 Å². The van der Waals surface area contributed by atoms with Crippen LogP contribution in [0.5, 0.6) is 0 Å². The number of hydrogen-bond acceptors (Lipinski definition) is 3. The van der Waals surface area contributed by atoms with Gasteiger partial charge in [-0.2, -0.15) is 8.78 Å². The van der Waals surface area contributed by atoms with Gasteiger partial charge < -0.3 is 9.97 Å². The Bertz CT molecular complexity index is 635. The van der Waals surface area contributed by atoms with Gasteiger partial charge in [0.15, 0.2) is 0 Å². The molecule has 0 radical (unpaired) electrons. The monoisotopic (exact) mass is 244 g/mol. The smallest absolute Gasteiger partial charge is 0.314 e. The molecule has 1 heterocycles. The van der Waals surface area contributed by atoms with E-state index in [9.17, 15) is 18.4 Å². The molecule has 0 saturated heterocycles. The van der Waals surface area contributed by atoms with Crippen molar-refractivity contribution in [1.29, 1.82) is 0 Å². The largest absolute Gasteiger partial charge is 0.316 e. The van der Waals surface area contributed by atoms with E-state index >= 15 is 0 Å². The van der Waals surface area contributed by atoms with Crippen LogP contribution in [0.15, 0.2) is 32.7 Å². The van der Waals surface area contributed by atoms with Crippen LogP contribution in [0, 0.1) is 0 Å². The first kappa shape index (κ1) is 10.9. The Hall–Kier alpha value is -1.63. The molecule has 4 nitrogen and oxygen atoms in total. The quantitative estimate of drug-likeness (QED) is 0.622. The van der Waals surface area contributed by atoms with Gasteiger partial charge in [0.1, 0.15) is 0 Å². The van der Waals surface area contributed by atoms with E-state index in [-0.39, 0.29) is 0 Å². The first-order valence-electron chi connectivity index (χ1n) is 4.27. The summed E-state index contributed by atoms with van der Waals surface area (Å²) >= 11 is 0.376. The summed E-state index contributed by atoms with van der Waals surface area (Å²) in [6, 6.07) is 4.31. The molecule has 1 aromatic heterocycles. The molecule has 0 saturated carbocycles. The van der Waals surface area contributed by atoms with Crippen LogP contribution in [0.1, 0.15) is 0 Å². The molecule has 0 aliphatic heterocycles. The second-order valence-electron chi connectivity index (χ2n) is 2.99. The molecule has 84 valence electrons. The van der Waals surface area contributed by atoms with Crippen molar-refractivity contribution in [2.45, 2.75) is 10.7 Å². The lowest BCUT2D eigenvalue weighted by molar-refractivity contribution is 0.252. The average Bonchev–Trinajstić information content (AvgIpc) is 2.19. The van der Waals surface area contributed by atoms with Crippen LogP contribution < -0.4 is 11.1 Å². The van der Waals surface area contributed by atoms with Gasteiger partial charge in [0, 0.05) is 4.90 Å². The fourth-order valence-corrected chi connectivity index (χ4v) is 1.81. The lowest BCUT2D eigenvalue weighted by Gasteiger charge is -2.01. The Balaban J connectivity index is 2.58. The average molecular weight is 244 g/mol. The molecule has 2 N–H and O–H groups in total. The minimum absolute atomic E-state index is 0.324. The van der Waals surface area contributed by atoms with E-state index in [1.165, 1.54) is 18.2 Å². The fourth-order valence-electron chi connectivity index (χ4n) is 1.27. The minimum atomic E-state index is -2.52. The van der Waals surface area contributed by atoms with Gasteiger partial charge in [0.2, 0.25) is 0 Å². The predicted molar refractivity (Wildman–Crippen MR) is 57.1 cm³/mol. The summed E-state index contributed by atoms with van der Waals surface area (Å²) in [6.45, 7) is 0. The highest BCUT2D eigenvalue weighted by atomic mass is 32.2. The molecule has 0 aliphatic rings. The van der Waals surface area contributed by atoms with Crippen LogP contribution in [0.4, 0.5) is 8.78 Å². The maximum absolute atomic E-state index is 12.1. The standard InChI is InChI=1S/C9H6F2N2O2S/c10-9(11)16-4-1-2-5-6(3-4)13-8(15)7(14)12-5/h1-3,9H,(H,12,14)(H,13,15). The molecule has 2 aromatic rings. The summed E-state index contributed by atoms with van der Waals surface area (Å²) in [5.74, 6) is -2.52. The second kappa shape index (κ2) is 4.09. The van der Waals surface area contributed by atoms with E-state index in [1.807, 2.05) is 0 Å². The third kappa shape index (κ3) is 2.13. The predicted octanol–water partition coefficient (Wildman–Crippen LogP) is 1.53. The third-order valence-corrected chi connectivity index (χ3v) is 2.62. The summed E-state index contributed by atoms with van der Waals surface area (Å²) in [5.41, 5.74) is -0.827. The van der Waals surface area contributed by atoms with Gasteiger partial charge in [-0.15, -0.1) is 0 Å². The highest BCUT2D eigenvalue weighted by Crippen LogP contribution is 2.26. The van der Waals surface area contributed by atoms with E-state index in [4.69, 9.17) is 0 Å². The molecule has 0 spiro atoms. The molecule has 0 aliphatic carbocycles. The Kier molecular flexibility index (Phi) is 2.78. The van der Waals surface area contributed by atoms with Crippen LogP contribution >= 0.6 is 11.8 Å². The molecule has 0 fully saturated rings. The number of fused-ring (bicyclic) bond motifs is 1. The Labute approximate surface area is 91.7 Å². The summed E-state index contributed by atoms with van der Waals surface area (Å²) in [5, 5.41) is 0. The Morgan fingerprint density at radius 2 is 1.69 bits per heavy atom. The summed E-state index contributed by atoms with van der Waals surface area (Å²) in [7, 11) is 0. The molecule has 0 amide bonds. The number of thioether (sulfide) groups is 1. The number of aromatic nitrogens is 2. The zero-order valence-electron chi connectivity index (χ0n) is 7.79. The fraction of sp³-hybridized carbons (Fsp3) is 0.111. The van der Waals surface area contributed by atoms with E-state index < -0.39 is 16.9 Å². The highest BCUT2D eigenvalue weighted by Gasteiger charge is 2.06. The second-order valence-corrected chi connectivity index (χ2v) is 4.06. The van der Waals surface area contributed by atoms with Crippen molar-refractivity contribution < 1.29 is 8.78 Å². The normalized spacial score (nSPS) is 11.2. The van der Waals surface area contributed by atoms with Gasteiger partial charge in [-0.25, -0.2) is 0 Å². The van der Waals surface area contributed by atoms with Crippen LogP contribution in [-0.4, -0.2) is 15.7 Å². The van der Waals surface area contributed by atoms with E-state index in [0.717, 1.165) is 0 Å². The molecule has 0 atom stereocenters. The van der Waals surface area contributed by atoms with Crippen LogP contribution in [0.3, 0.4) is 0 Å². The van der Waals surface area contributed by atoms with Crippen molar-refractivity contribution >= 4 is 22.8 Å². The number of benzene rings is 1. The van der Waals surface area contributed by atoms with Crippen molar-refractivity contribution in [1.82, 2.24) is 9.97 Å². The number of aromatic amines is 2. The summed E-state index contributed by atoms with van der Waals surface area (Å²) in [6.07, 6.45) is 0. The summed E-state index contributed by atoms with van der Waals surface area (Å²) < 4.78 is 24.2. The van der Waals surface area contributed by atoms with Gasteiger partial charge in [0.25, 0.3) is 5.76 Å². The van der Waals surface area contributed by atoms with Crippen molar-refractivity contribution in [3.8, 4) is 0 Å². The lowest BCUT2D eigenvalue weighted by Crippen LogP contribution is -2.28. The van der Waals surface area contributed by atoms with Crippen LogP contribution in [-0.2, 0) is 0 Å². The van der Waals surface area contributed by atoms with Crippen molar-refractivity contribution in [2.75, 3.05) is 0 Å². The maximum Gasteiger partial charge on any atom is 0.314 e. The number of halogens is 2. The van der Waals surface area contributed by atoms with Crippen molar-refractivity contribution in [3.63, 3.8) is 0 Å².